The zero-order chi connectivity index (χ0) is 8.27. The fourth-order valence-electron chi connectivity index (χ4n) is 0.764. The molecule has 0 unspecified atom stereocenters. The molecule has 0 aromatic heterocycles. The highest BCUT2D eigenvalue weighted by Gasteiger charge is 2.14. The van der Waals surface area contributed by atoms with Crippen molar-refractivity contribution in [1.82, 2.24) is 5.32 Å². The highest BCUT2D eigenvalue weighted by atomic mass is 16.4. The molecule has 60 valence electrons. The molecule has 0 heterocycles. The van der Waals surface area contributed by atoms with E-state index in [2.05, 4.69) is 5.32 Å². The van der Waals surface area contributed by atoms with Crippen molar-refractivity contribution in [2.45, 2.75) is 12.8 Å². The van der Waals surface area contributed by atoms with Crippen molar-refractivity contribution in [3.05, 3.63) is 11.6 Å². The van der Waals surface area contributed by atoms with Gasteiger partial charge in [0.15, 0.2) is 0 Å². The summed E-state index contributed by atoms with van der Waals surface area (Å²) in [7, 11) is 0. The van der Waals surface area contributed by atoms with Gasteiger partial charge in [0.2, 0.25) is 5.91 Å². The lowest BCUT2D eigenvalue weighted by Crippen LogP contribution is -2.31. The van der Waals surface area contributed by atoms with Crippen LogP contribution in [0.25, 0.3) is 0 Å². The third-order valence-electron chi connectivity index (χ3n) is 1.50. The Morgan fingerprint density at radius 3 is 2.64 bits per heavy atom. The van der Waals surface area contributed by atoms with Gasteiger partial charge in [-0.25, -0.2) is 0 Å². The Labute approximate surface area is 63.9 Å². The molecule has 1 amide bonds. The Morgan fingerprint density at radius 1 is 1.64 bits per heavy atom. The summed E-state index contributed by atoms with van der Waals surface area (Å²) in [6, 6.07) is 0. The molecule has 4 nitrogen and oxygen atoms in total. The molecule has 0 spiro atoms. The standard InChI is InChI=1S/C7H9NO3/c9-6(10)4-8-7(11)5-2-1-3-5/h2H,1,3-4H2,(H,8,11)(H,9,10). The smallest absolute Gasteiger partial charge is 0.322 e. The number of nitrogens with one attached hydrogen (secondary N) is 1. The summed E-state index contributed by atoms with van der Waals surface area (Å²) in [5.41, 5.74) is 0.700. The highest BCUT2D eigenvalue weighted by molar-refractivity contribution is 5.96. The number of hydrogen-bond acceptors (Lipinski definition) is 2. The van der Waals surface area contributed by atoms with Crippen molar-refractivity contribution in [2.75, 3.05) is 6.54 Å². The third-order valence-corrected chi connectivity index (χ3v) is 1.50. The van der Waals surface area contributed by atoms with Crippen LogP contribution in [0.2, 0.25) is 0 Å². The molecule has 2 N–H and O–H groups in total. The molecule has 0 saturated heterocycles. The molecule has 1 aliphatic rings. The van der Waals surface area contributed by atoms with Gasteiger partial charge in [0.25, 0.3) is 0 Å². The third kappa shape index (κ3) is 2.07. The van der Waals surface area contributed by atoms with Gasteiger partial charge in [-0.3, -0.25) is 9.59 Å². The SMILES string of the molecule is O=C(O)CNC(=O)C1=CCC1. The molecule has 0 aromatic carbocycles. The molecule has 0 fully saturated rings. The van der Waals surface area contributed by atoms with Gasteiger partial charge in [-0.15, -0.1) is 0 Å². The van der Waals surface area contributed by atoms with E-state index in [4.69, 9.17) is 5.11 Å². The molecular formula is C7H9NO3. The highest BCUT2D eigenvalue weighted by Crippen LogP contribution is 2.16. The van der Waals surface area contributed by atoms with Crippen molar-refractivity contribution < 1.29 is 14.7 Å². The predicted octanol–water partition coefficient (Wildman–Crippen LogP) is -0.0926. The van der Waals surface area contributed by atoms with Crippen LogP contribution in [0, 0.1) is 0 Å². The van der Waals surface area contributed by atoms with Crippen molar-refractivity contribution in [1.29, 1.82) is 0 Å². The van der Waals surface area contributed by atoms with Crippen LogP contribution in [-0.4, -0.2) is 23.5 Å². The lowest BCUT2D eigenvalue weighted by atomic mass is 9.98. The van der Waals surface area contributed by atoms with Gasteiger partial charge in [0.05, 0.1) is 0 Å². The van der Waals surface area contributed by atoms with Gasteiger partial charge in [0.1, 0.15) is 6.54 Å². The summed E-state index contributed by atoms with van der Waals surface area (Å²) in [5.74, 6) is -1.27. The number of carbonyl (C=O) groups excluding carboxylic acids is 1. The lowest BCUT2D eigenvalue weighted by molar-refractivity contribution is -0.137. The van der Waals surface area contributed by atoms with Crippen LogP contribution < -0.4 is 5.32 Å². The van der Waals surface area contributed by atoms with Crippen molar-refractivity contribution in [2.24, 2.45) is 0 Å². The van der Waals surface area contributed by atoms with Gasteiger partial charge in [-0.2, -0.15) is 0 Å². The summed E-state index contributed by atoms with van der Waals surface area (Å²) in [4.78, 5) is 20.9. The number of amides is 1. The number of aliphatic carboxylic acids is 1. The minimum absolute atomic E-state index is 0.251. The maximum atomic E-state index is 10.9. The molecule has 0 atom stereocenters. The molecule has 0 saturated carbocycles. The van der Waals surface area contributed by atoms with Gasteiger partial charge in [-0.05, 0) is 12.8 Å². The molecule has 0 aliphatic heterocycles. The molecule has 4 heteroatoms. The first-order chi connectivity index (χ1) is 5.20. The normalized spacial score (nSPS) is 14.7. The Morgan fingerprint density at radius 2 is 2.27 bits per heavy atom. The first-order valence-electron chi connectivity index (χ1n) is 3.39. The number of hydrogen-bond donors (Lipinski definition) is 2. The summed E-state index contributed by atoms with van der Waals surface area (Å²) in [6.07, 6.45) is 3.50. The zero-order valence-corrected chi connectivity index (χ0v) is 5.96. The second kappa shape index (κ2) is 3.18. The largest absolute Gasteiger partial charge is 0.480 e. The number of allylic oxidation sites excluding steroid dienone is 1. The van der Waals surface area contributed by atoms with Crippen LogP contribution in [0.5, 0.6) is 0 Å². The average molecular weight is 155 g/mol. The number of carbonyl (C=O) groups is 2. The van der Waals surface area contributed by atoms with E-state index in [1.54, 1.807) is 6.08 Å². The molecular weight excluding hydrogens is 146 g/mol. The van der Waals surface area contributed by atoms with Crippen LogP contribution in [-0.2, 0) is 9.59 Å². The quantitative estimate of drug-likeness (QED) is 0.598. The van der Waals surface area contributed by atoms with Crippen LogP contribution >= 0.6 is 0 Å². The average Bonchev–Trinajstić information content (AvgIpc) is 1.79. The van der Waals surface area contributed by atoms with Crippen LogP contribution in [0.15, 0.2) is 11.6 Å². The van der Waals surface area contributed by atoms with Gasteiger partial charge in [0, 0.05) is 5.57 Å². The Bertz CT molecular complexity index is 220. The monoisotopic (exact) mass is 155 g/mol. The van der Waals surface area contributed by atoms with Crippen LogP contribution in [0.3, 0.4) is 0 Å². The van der Waals surface area contributed by atoms with Crippen molar-refractivity contribution >= 4 is 11.9 Å². The molecule has 0 aromatic rings. The Balaban J connectivity index is 2.26. The maximum Gasteiger partial charge on any atom is 0.322 e. The minimum Gasteiger partial charge on any atom is -0.480 e. The molecule has 1 aliphatic carbocycles. The maximum absolute atomic E-state index is 10.9. The van der Waals surface area contributed by atoms with Crippen LogP contribution in [0.4, 0.5) is 0 Å². The molecule has 0 radical (unpaired) electrons. The van der Waals surface area contributed by atoms with E-state index in [9.17, 15) is 9.59 Å². The van der Waals surface area contributed by atoms with Gasteiger partial charge in [-0.1, -0.05) is 6.08 Å². The fourth-order valence-corrected chi connectivity index (χ4v) is 0.764. The van der Waals surface area contributed by atoms with E-state index in [0.717, 1.165) is 12.8 Å². The number of rotatable bonds is 3. The predicted molar refractivity (Wildman–Crippen MR) is 38.0 cm³/mol. The summed E-state index contributed by atoms with van der Waals surface area (Å²) >= 11 is 0. The Hall–Kier alpha value is -1.32. The Kier molecular flexibility index (Phi) is 2.25. The second-order valence-electron chi connectivity index (χ2n) is 2.34. The van der Waals surface area contributed by atoms with E-state index in [-0.39, 0.29) is 12.5 Å². The summed E-state index contributed by atoms with van der Waals surface area (Å²) in [6.45, 7) is -0.295. The van der Waals surface area contributed by atoms with Crippen molar-refractivity contribution in [3.63, 3.8) is 0 Å². The second-order valence-corrected chi connectivity index (χ2v) is 2.34. The van der Waals surface area contributed by atoms with Gasteiger partial charge >= 0.3 is 5.97 Å². The van der Waals surface area contributed by atoms with E-state index in [1.165, 1.54) is 0 Å². The summed E-state index contributed by atoms with van der Waals surface area (Å²) < 4.78 is 0. The first-order valence-corrected chi connectivity index (χ1v) is 3.39. The number of carboxylic acid groups (broad SMARTS) is 1. The minimum atomic E-state index is -1.02. The fraction of sp³-hybridized carbons (Fsp3) is 0.429. The van der Waals surface area contributed by atoms with Crippen LogP contribution in [0.1, 0.15) is 12.8 Å². The van der Waals surface area contributed by atoms with Crippen molar-refractivity contribution in [3.8, 4) is 0 Å². The molecule has 1 rings (SSSR count). The molecule has 0 bridgehead atoms. The topological polar surface area (TPSA) is 66.4 Å². The first kappa shape index (κ1) is 7.78. The lowest BCUT2D eigenvalue weighted by Gasteiger charge is -2.12. The van der Waals surface area contributed by atoms with E-state index in [1.807, 2.05) is 0 Å². The number of carboxylic acids is 1. The van der Waals surface area contributed by atoms with E-state index in [0.29, 0.717) is 5.57 Å². The summed E-state index contributed by atoms with van der Waals surface area (Å²) in [5, 5.41) is 10.5. The molecule has 11 heavy (non-hydrogen) atoms. The van der Waals surface area contributed by atoms with E-state index < -0.39 is 5.97 Å². The van der Waals surface area contributed by atoms with E-state index >= 15 is 0 Å². The van der Waals surface area contributed by atoms with Gasteiger partial charge < -0.3 is 10.4 Å². The zero-order valence-electron chi connectivity index (χ0n) is 5.96.